The third kappa shape index (κ3) is 4.30. The molecule has 2 N–H and O–H groups in total. The number of nitrogens with one attached hydrogen (secondary N) is 2. The van der Waals surface area contributed by atoms with Gasteiger partial charge in [-0.1, -0.05) is 19.3 Å². The first kappa shape index (κ1) is 20.6. The molecule has 0 atom stereocenters. The van der Waals surface area contributed by atoms with Crippen molar-refractivity contribution >= 4 is 23.6 Å². The van der Waals surface area contributed by atoms with Crippen molar-refractivity contribution in [1.82, 2.24) is 25.5 Å². The molecule has 2 aromatic rings. The normalized spacial score (nSPS) is 16.2. The number of hydrogen-bond donors (Lipinski definition) is 2. The molecule has 2 heterocycles. The Hall–Kier alpha value is -3.62. The molecule has 2 aliphatic rings. The number of amides is 4. The molecule has 0 unspecified atom stereocenters. The van der Waals surface area contributed by atoms with Gasteiger partial charge in [0, 0.05) is 37.1 Å². The second-order valence-electron chi connectivity index (χ2n) is 7.63. The van der Waals surface area contributed by atoms with Gasteiger partial charge in [-0.15, -0.1) is 0 Å². The van der Waals surface area contributed by atoms with E-state index in [2.05, 4.69) is 20.6 Å². The van der Waals surface area contributed by atoms with Crippen molar-refractivity contribution in [2.75, 3.05) is 13.1 Å². The van der Waals surface area contributed by atoms with E-state index in [9.17, 15) is 19.2 Å². The van der Waals surface area contributed by atoms with Crippen molar-refractivity contribution in [2.24, 2.45) is 0 Å². The van der Waals surface area contributed by atoms with Crippen LogP contribution in [0.4, 0.5) is 0 Å². The number of nitrogens with zero attached hydrogens (tertiary/aromatic N) is 3. The summed E-state index contributed by atoms with van der Waals surface area (Å²) in [6.07, 6.45) is 9.07. The van der Waals surface area contributed by atoms with Crippen LogP contribution in [0.5, 0.6) is 0 Å². The molecule has 4 amide bonds. The number of imide groups is 1. The molecule has 0 saturated heterocycles. The molecule has 1 aliphatic carbocycles. The number of rotatable bonds is 6. The van der Waals surface area contributed by atoms with Gasteiger partial charge >= 0.3 is 0 Å². The molecule has 0 radical (unpaired) electrons. The van der Waals surface area contributed by atoms with E-state index >= 15 is 0 Å². The van der Waals surface area contributed by atoms with Gasteiger partial charge in [-0.05, 0) is 31.0 Å². The minimum absolute atomic E-state index is 0.0589. The second kappa shape index (κ2) is 9.03. The van der Waals surface area contributed by atoms with Gasteiger partial charge in [0.1, 0.15) is 5.69 Å². The molecule has 4 rings (SSSR count). The quantitative estimate of drug-likeness (QED) is 0.539. The SMILES string of the molecule is O=C(NCCNC(=O)c1cnccn1)c1ccc2c(c1)C(=O)N(C1CCCCC1)C2=O. The van der Waals surface area contributed by atoms with Crippen molar-refractivity contribution in [3.8, 4) is 0 Å². The molecule has 31 heavy (non-hydrogen) atoms. The van der Waals surface area contributed by atoms with E-state index < -0.39 is 0 Å². The van der Waals surface area contributed by atoms with Crippen LogP contribution in [0.3, 0.4) is 0 Å². The largest absolute Gasteiger partial charge is 0.350 e. The average Bonchev–Trinajstić information content (AvgIpc) is 3.07. The lowest BCUT2D eigenvalue weighted by Gasteiger charge is -2.29. The third-order valence-electron chi connectivity index (χ3n) is 5.61. The standard InChI is InChI=1S/C22H23N5O4/c28-19(25-10-11-26-20(29)18-13-23-8-9-24-18)14-6-7-16-17(12-14)22(31)27(21(16)30)15-4-2-1-3-5-15/h6-9,12-13,15H,1-5,10-11H2,(H,25,28)(H,26,29). The van der Waals surface area contributed by atoms with Crippen molar-refractivity contribution < 1.29 is 19.2 Å². The van der Waals surface area contributed by atoms with Crippen LogP contribution in [0.15, 0.2) is 36.8 Å². The summed E-state index contributed by atoms with van der Waals surface area (Å²) in [7, 11) is 0. The molecular weight excluding hydrogens is 398 g/mol. The van der Waals surface area contributed by atoms with Crippen molar-refractivity contribution in [3.63, 3.8) is 0 Å². The van der Waals surface area contributed by atoms with Gasteiger partial charge < -0.3 is 10.6 Å². The maximum atomic E-state index is 12.9. The number of hydrogen-bond acceptors (Lipinski definition) is 6. The highest BCUT2D eigenvalue weighted by atomic mass is 16.2. The molecule has 1 aromatic heterocycles. The molecule has 1 aromatic carbocycles. The summed E-state index contributed by atoms with van der Waals surface area (Å²) < 4.78 is 0. The van der Waals surface area contributed by atoms with Crippen molar-refractivity contribution in [1.29, 1.82) is 0 Å². The molecule has 1 fully saturated rings. The topological polar surface area (TPSA) is 121 Å². The Morgan fingerprint density at radius 1 is 0.935 bits per heavy atom. The van der Waals surface area contributed by atoms with Gasteiger partial charge in [0.15, 0.2) is 0 Å². The lowest BCUT2D eigenvalue weighted by molar-refractivity contribution is 0.0548. The van der Waals surface area contributed by atoms with Gasteiger partial charge in [-0.2, -0.15) is 0 Å². The van der Waals surface area contributed by atoms with Crippen LogP contribution in [0.25, 0.3) is 0 Å². The summed E-state index contributed by atoms with van der Waals surface area (Å²) in [5, 5.41) is 5.34. The fourth-order valence-electron chi connectivity index (χ4n) is 4.03. The van der Waals surface area contributed by atoms with Crippen LogP contribution >= 0.6 is 0 Å². The summed E-state index contributed by atoms with van der Waals surface area (Å²) in [5.74, 6) is -1.36. The van der Waals surface area contributed by atoms with E-state index in [4.69, 9.17) is 0 Å². The van der Waals surface area contributed by atoms with Gasteiger partial charge in [-0.3, -0.25) is 29.1 Å². The molecule has 1 aliphatic heterocycles. The summed E-state index contributed by atoms with van der Waals surface area (Å²) >= 11 is 0. The minimum Gasteiger partial charge on any atom is -0.350 e. The Morgan fingerprint density at radius 3 is 2.35 bits per heavy atom. The first-order valence-corrected chi connectivity index (χ1v) is 10.4. The zero-order valence-corrected chi connectivity index (χ0v) is 17.0. The molecule has 0 spiro atoms. The second-order valence-corrected chi connectivity index (χ2v) is 7.63. The van der Waals surface area contributed by atoms with Crippen LogP contribution in [-0.4, -0.2) is 57.6 Å². The Balaban J connectivity index is 1.34. The first-order chi connectivity index (χ1) is 15.1. The zero-order chi connectivity index (χ0) is 21.8. The van der Waals surface area contributed by atoms with E-state index in [0.717, 1.165) is 32.1 Å². The highest BCUT2D eigenvalue weighted by Gasteiger charge is 2.40. The van der Waals surface area contributed by atoms with Crippen LogP contribution in [0, 0.1) is 0 Å². The van der Waals surface area contributed by atoms with E-state index in [1.807, 2.05) is 0 Å². The fraction of sp³-hybridized carbons (Fsp3) is 0.364. The van der Waals surface area contributed by atoms with Crippen LogP contribution < -0.4 is 10.6 Å². The van der Waals surface area contributed by atoms with Crippen molar-refractivity contribution in [2.45, 2.75) is 38.1 Å². The minimum atomic E-state index is -0.383. The highest BCUT2D eigenvalue weighted by Crippen LogP contribution is 2.31. The predicted molar refractivity (Wildman–Crippen MR) is 111 cm³/mol. The van der Waals surface area contributed by atoms with E-state index in [1.165, 1.54) is 29.6 Å². The van der Waals surface area contributed by atoms with Crippen LogP contribution in [0.1, 0.15) is 73.7 Å². The van der Waals surface area contributed by atoms with E-state index in [1.54, 1.807) is 12.1 Å². The Bertz CT molecular complexity index is 1020. The average molecular weight is 421 g/mol. The van der Waals surface area contributed by atoms with E-state index in [0.29, 0.717) is 11.1 Å². The number of benzene rings is 1. The molecule has 9 nitrogen and oxygen atoms in total. The Morgan fingerprint density at radius 2 is 1.65 bits per heavy atom. The van der Waals surface area contributed by atoms with E-state index in [-0.39, 0.29) is 54.0 Å². The summed E-state index contributed by atoms with van der Waals surface area (Å²) in [5.41, 5.74) is 1.12. The number of carbonyl (C=O) groups excluding carboxylic acids is 4. The Labute approximate surface area is 179 Å². The maximum absolute atomic E-state index is 12.9. The van der Waals surface area contributed by atoms with Crippen LogP contribution in [-0.2, 0) is 0 Å². The number of carbonyl (C=O) groups is 4. The van der Waals surface area contributed by atoms with Gasteiger partial charge in [0.05, 0.1) is 17.3 Å². The monoisotopic (exact) mass is 421 g/mol. The number of fused-ring (bicyclic) bond motifs is 1. The highest BCUT2D eigenvalue weighted by molar-refractivity contribution is 6.22. The lowest BCUT2D eigenvalue weighted by atomic mass is 9.94. The van der Waals surface area contributed by atoms with Gasteiger partial charge in [0.2, 0.25) is 0 Å². The lowest BCUT2D eigenvalue weighted by Crippen LogP contribution is -2.40. The first-order valence-electron chi connectivity index (χ1n) is 10.4. The maximum Gasteiger partial charge on any atom is 0.271 e. The Kier molecular flexibility index (Phi) is 6.01. The third-order valence-corrected chi connectivity index (χ3v) is 5.61. The zero-order valence-electron chi connectivity index (χ0n) is 17.0. The van der Waals surface area contributed by atoms with Gasteiger partial charge in [0.25, 0.3) is 23.6 Å². The fourth-order valence-corrected chi connectivity index (χ4v) is 4.03. The molecule has 9 heteroatoms. The predicted octanol–water partition coefficient (Wildman–Crippen LogP) is 1.57. The summed E-state index contributed by atoms with van der Waals surface area (Å²) in [6.45, 7) is 0.405. The number of aromatic nitrogens is 2. The summed E-state index contributed by atoms with van der Waals surface area (Å²) in [6, 6.07) is 4.51. The molecule has 1 saturated carbocycles. The van der Waals surface area contributed by atoms with Crippen LogP contribution in [0.2, 0.25) is 0 Å². The van der Waals surface area contributed by atoms with Crippen molar-refractivity contribution in [3.05, 3.63) is 59.2 Å². The molecular formula is C22H23N5O4. The smallest absolute Gasteiger partial charge is 0.271 e. The summed E-state index contributed by atoms with van der Waals surface area (Å²) in [4.78, 5) is 59.1. The molecule has 0 bridgehead atoms. The molecule has 160 valence electrons. The van der Waals surface area contributed by atoms with Gasteiger partial charge in [-0.25, -0.2) is 4.98 Å².